The molecular formula is C15H35N3S2. The van der Waals surface area contributed by atoms with Gasteiger partial charge in [0.05, 0.1) is 0 Å². The van der Waals surface area contributed by atoms with Gasteiger partial charge in [-0.2, -0.15) is 25.3 Å². The molecule has 3 nitrogen and oxygen atoms in total. The molecule has 0 heterocycles. The van der Waals surface area contributed by atoms with E-state index in [0.717, 1.165) is 45.7 Å². The summed E-state index contributed by atoms with van der Waals surface area (Å²) in [6.45, 7) is 14.6. The lowest BCUT2D eigenvalue weighted by Crippen LogP contribution is -2.44. The number of rotatable bonds is 12. The molecule has 0 aliphatic heterocycles. The van der Waals surface area contributed by atoms with Gasteiger partial charge < -0.3 is 11.1 Å². The monoisotopic (exact) mass is 321 g/mol. The van der Waals surface area contributed by atoms with Gasteiger partial charge in [-0.3, -0.25) is 4.90 Å². The average Bonchev–Trinajstić information content (AvgIpc) is 2.23. The van der Waals surface area contributed by atoms with Crippen LogP contribution in [0, 0.1) is 0 Å². The normalized spacial score (nSPS) is 13.2. The van der Waals surface area contributed by atoms with Crippen molar-refractivity contribution >= 4 is 25.3 Å². The lowest BCUT2D eigenvalue weighted by molar-refractivity contribution is 0.240. The van der Waals surface area contributed by atoms with Crippen molar-refractivity contribution in [3.63, 3.8) is 0 Å². The molecule has 5 heteroatoms. The second-order valence-corrected chi connectivity index (χ2v) is 9.36. The Hall–Kier alpha value is 0.580. The first kappa shape index (κ1) is 20.6. The van der Waals surface area contributed by atoms with Gasteiger partial charge >= 0.3 is 0 Å². The van der Waals surface area contributed by atoms with E-state index in [2.05, 4.69) is 63.2 Å². The molecule has 0 aromatic carbocycles. The number of thiol groups is 2. The van der Waals surface area contributed by atoms with Crippen LogP contribution in [-0.2, 0) is 0 Å². The molecule has 0 amide bonds. The lowest BCUT2D eigenvalue weighted by atomic mass is 10.1. The number of hydrogen-bond acceptors (Lipinski definition) is 5. The summed E-state index contributed by atoms with van der Waals surface area (Å²) in [5, 5.41) is 3.51. The van der Waals surface area contributed by atoms with Crippen LogP contribution >= 0.6 is 25.3 Å². The van der Waals surface area contributed by atoms with Gasteiger partial charge in [0.2, 0.25) is 0 Å². The Balaban J connectivity index is 3.92. The fourth-order valence-corrected chi connectivity index (χ4v) is 2.64. The zero-order valence-corrected chi connectivity index (χ0v) is 15.6. The minimum atomic E-state index is 0.0279. The highest BCUT2D eigenvalue weighted by Gasteiger charge is 2.22. The Morgan fingerprint density at radius 1 is 0.900 bits per heavy atom. The van der Waals surface area contributed by atoms with Gasteiger partial charge in [0.1, 0.15) is 0 Å². The summed E-state index contributed by atoms with van der Waals surface area (Å²) in [6.07, 6.45) is 3.57. The van der Waals surface area contributed by atoms with E-state index in [1.807, 2.05) is 0 Å². The molecule has 0 bridgehead atoms. The van der Waals surface area contributed by atoms with Crippen molar-refractivity contribution in [2.24, 2.45) is 5.73 Å². The summed E-state index contributed by atoms with van der Waals surface area (Å²) in [7, 11) is 0. The molecule has 0 saturated carbocycles. The van der Waals surface area contributed by atoms with Crippen LogP contribution in [0.2, 0.25) is 0 Å². The molecule has 0 saturated heterocycles. The summed E-state index contributed by atoms with van der Waals surface area (Å²) in [5.41, 5.74) is 5.49. The Labute approximate surface area is 137 Å². The fourth-order valence-electron chi connectivity index (χ4n) is 2.24. The number of nitrogens with zero attached hydrogens (tertiary/aromatic N) is 1. The van der Waals surface area contributed by atoms with Gasteiger partial charge in [0, 0.05) is 35.7 Å². The van der Waals surface area contributed by atoms with Crippen molar-refractivity contribution in [2.45, 2.75) is 56.5 Å². The Bertz CT molecular complexity index is 218. The van der Waals surface area contributed by atoms with Crippen LogP contribution in [0.4, 0.5) is 0 Å². The Morgan fingerprint density at radius 2 is 1.45 bits per heavy atom. The molecule has 0 fully saturated rings. The van der Waals surface area contributed by atoms with Gasteiger partial charge in [0.15, 0.2) is 0 Å². The predicted octanol–water partition coefficient (Wildman–Crippen LogP) is 2.42. The summed E-state index contributed by atoms with van der Waals surface area (Å²) in [5.74, 6) is 0. The Morgan fingerprint density at radius 3 is 1.90 bits per heavy atom. The third kappa shape index (κ3) is 15.0. The van der Waals surface area contributed by atoms with Gasteiger partial charge in [-0.15, -0.1) is 0 Å². The first-order chi connectivity index (χ1) is 9.14. The molecule has 0 aliphatic carbocycles. The van der Waals surface area contributed by atoms with Crippen LogP contribution in [-0.4, -0.2) is 53.7 Å². The van der Waals surface area contributed by atoms with Crippen LogP contribution in [0.1, 0.15) is 47.0 Å². The molecule has 0 spiro atoms. The van der Waals surface area contributed by atoms with E-state index in [0.29, 0.717) is 0 Å². The third-order valence-corrected chi connectivity index (χ3v) is 3.17. The van der Waals surface area contributed by atoms with Gasteiger partial charge in [-0.05, 0) is 53.6 Å². The van der Waals surface area contributed by atoms with Crippen LogP contribution in [0.3, 0.4) is 0 Å². The van der Waals surface area contributed by atoms with Crippen molar-refractivity contribution in [3.05, 3.63) is 0 Å². The lowest BCUT2D eigenvalue weighted by Gasteiger charge is -2.33. The van der Waals surface area contributed by atoms with Crippen molar-refractivity contribution in [1.29, 1.82) is 0 Å². The van der Waals surface area contributed by atoms with E-state index in [9.17, 15) is 0 Å². The third-order valence-electron chi connectivity index (χ3n) is 2.88. The molecule has 0 aliphatic rings. The van der Waals surface area contributed by atoms with Crippen LogP contribution < -0.4 is 11.1 Å². The maximum atomic E-state index is 5.49. The van der Waals surface area contributed by atoms with Gasteiger partial charge in [-0.25, -0.2) is 0 Å². The standard InChI is InChI=1S/C15H35N3S2/c1-14(2,19)12-18(13-15(3,4)20)11-10-17-9-7-5-6-8-16/h17,19-20H,5-13,16H2,1-4H3. The van der Waals surface area contributed by atoms with E-state index < -0.39 is 0 Å². The highest BCUT2D eigenvalue weighted by Crippen LogP contribution is 2.18. The first-order valence-corrected chi connectivity index (χ1v) is 8.61. The van der Waals surface area contributed by atoms with Gasteiger partial charge in [0.25, 0.3) is 0 Å². The summed E-state index contributed by atoms with van der Waals surface area (Å²) >= 11 is 9.29. The number of hydrogen-bond donors (Lipinski definition) is 4. The van der Waals surface area contributed by atoms with E-state index in [-0.39, 0.29) is 9.49 Å². The zero-order chi connectivity index (χ0) is 15.6. The molecule has 122 valence electrons. The average molecular weight is 322 g/mol. The maximum Gasteiger partial charge on any atom is 0.0200 e. The number of nitrogens with two attached hydrogens (primary N) is 1. The predicted molar refractivity (Wildman–Crippen MR) is 98.3 cm³/mol. The minimum Gasteiger partial charge on any atom is -0.330 e. The SMILES string of the molecule is CC(C)(S)CN(CCNCCCCCN)CC(C)(C)S. The van der Waals surface area contributed by atoms with Crippen LogP contribution in [0.5, 0.6) is 0 Å². The van der Waals surface area contributed by atoms with E-state index in [1.165, 1.54) is 12.8 Å². The quantitative estimate of drug-likeness (QED) is 0.330. The Kier molecular flexibility index (Phi) is 10.6. The molecule has 0 rings (SSSR count). The fraction of sp³-hybridized carbons (Fsp3) is 1.00. The van der Waals surface area contributed by atoms with Crippen LogP contribution in [0.25, 0.3) is 0 Å². The highest BCUT2D eigenvalue weighted by molar-refractivity contribution is 7.82. The van der Waals surface area contributed by atoms with Crippen molar-refractivity contribution < 1.29 is 0 Å². The molecule has 0 aromatic heterocycles. The summed E-state index contributed by atoms with van der Waals surface area (Å²) in [4.78, 5) is 2.45. The smallest absolute Gasteiger partial charge is 0.0200 e. The highest BCUT2D eigenvalue weighted by atomic mass is 32.1. The molecule has 0 atom stereocenters. The summed E-state index contributed by atoms with van der Waals surface area (Å²) in [6, 6.07) is 0. The van der Waals surface area contributed by atoms with Crippen molar-refractivity contribution in [1.82, 2.24) is 10.2 Å². The van der Waals surface area contributed by atoms with Crippen LogP contribution in [0.15, 0.2) is 0 Å². The zero-order valence-electron chi connectivity index (χ0n) is 13.8. The second kappa shape index (κ2) is 10.3. The largest absolute Gasteiger partial charge is 0.330 e. The second-order valence-electron chi connectivity index (χ2n) is 6.93. The summed E-state index contributed by atoms with van der Waals surface area (Å²) < 4.78 is 0.0559. The van der Waals surface area contributed by atoms with E-state index >= 15 is 0 Å². The molecule has 20 heavy (non-hydrogen) atoms. The number of unbranched alkanes of at least 4 members (excludes halogenated alkanes) is 2. The van der Waals surface area contributed by atoms with E-state index in [1.54, 1.807) is 0 Å². The first-order valence-electron chi connectivity index (χ1n) is 7.72. The molecule has 0 unspecified atom stereocenters. The minimum absolute atomic E-state index is 0.0279. The van der Waals surface area contributed by atoms with Crippen molar-refractivity contribution in [3.8, 4) is 0 Å². The molecular weight excluding hydrogens is 286 g/mol. The molecule has 0 radical (unpaired) electrons. The van der Waals surface area contributed by atoms with Crippen molar-refractivity contribution in [2.75, 3.05) is 39.3 Å². The van der Waals surface area contributed by atoms with E-state index in [4.69, 9.17) is 5.73 Å². The number of nitrogens with one attached hydrogen (secondary N) is 1. The topological polar surface area (TPSA) is 41.3 Å². The molecule has 3 N–H and O–H groups in total. The maximum absolute atomic E-state index is 5.49. The van der Waals surface area contributed by atoms with Gasteiger partial charge in [-0.1, -0.05) is 6.42 Å². The molecule has 0 aromatic rings.